The summed E-state index contributed by atoms with van der Waals surface area (Å²) in [6, 6.07) is 9.32. The van der Waals surface area contributed by atoms with E-state index in [1.54, 1.807) is 23.5 Å². The van der Waals surface area contributed by atoms with Crippen LogP contribution >= 0.6 is 22.9 Å². The molecule has 0 saturated carbocycles. The Kier molecular flexibility index (Phi) is 7.63. The van der Waals surface area contributed by atoms with Crippen LogP contribution in [-0.4, -0.2) is 31.4 Å². The fourth-order valence-corrected chi connectivity index (χ4v) is 3.50. The highest BCUT2D eigenvalue weighted by atomic mass is 35.5. The van der Waals surface area contributed by atoms with Crippen molar-refractivity contribution in [3.8, 4) is 0 Å². The number of rotatable bonds is 8. The lowest BCUT2D eigenvalue weighted by atomic mass is 10.2. The molecule has 140 valence electrons. The molecule has 26 heavy (non-hydrogen) atoms. The van der Waals surface area contributed by atoms with Crippen molar-refractivity contribution in [1.29, 1.82) is 0 Å². The molecule has 0 radical (unpaired) electrons. The van der Waals surface area contributed by atoms with E-state index in [2.05, 4.69) is 10.6 Å². The van der Waals surface area contributed by atoms with Crippen LogP contribution in [0.4, 0.5) is 5.69 Å². The van der Waals surface area contributed by atoms with Gasteiger partial charge in [-0.15, -0.1) is 11.3 Å². The van der Waals surface area contributed by atoms with Crippen molar-refractivity contribution < 1.29 is 14.5 Å². The highest BCUT2D eigenvalue weighted by molar-refractivity contribution is 7.10. The van der Waals surface area contributed by atoms with Gasteiger partial charge in [-0.1, -0.05) is 23.7 Å². The van der Waals surface area contributed by atoms with E-state index in [4.69, 9.17) is 11.6 Å². The van der Waals surface area contributed by atoms with Crippen LogP contribution in [0.15, 0.2) is 35.7 Å². The average Bonchev–Trinajstić information content (AvgIpc) is 3.12. The molecule has 0 aliphatic heterocycles. The topological polar surface area (TPSA) is 62.6 Å². The molecule has 0 spiro atoms. The molecule has 1 unspecified atom stereocenters. The van der Waals surface area contributed by atoms with Crippen LogP contribution in [-0.2, 0) is 9.59 Å². The summed E-state index contributed by atoms with van der Waals surface area (Å²) in [6.45, 7) is 7.00. The Hall–Kier alpha value is -1.89. The Bertz CT molecular complexity index is 749. The van der Waals surface area contributed by atoms with E-state index in [1.807, 2.05) is 44.4 Å². The van der Waals surface area contributed by atoms with Gasteiger partial charge in [-0.2, -0.15) is 0 Å². The van der Waals surface area contributed by atoms with Crippen LogP contribution < -0.4 is 15.5 Å². The summed E-state index contributed by atoms with van der Waals surface area (Å²) in [4.78, 5) is 26.6. The molecule has 1 aromatic heterocycles. The van der Waals surface area contributed by atoms with Gasteiger partial charge in [-0.25, -0.2) is 0 Å². The van der Waals surface area contributed by atoms with Crippen LogP contribution in [0.25, 0.3) is 0 Å². The summed E-state index contributed by atoms with van der Waals surface area (Å²) in [6.07, 6.45) is 0. The summed E-state index contributed by atoms with van der Waals surface area (Å²) in [5.41, 5.74) is 1.65. The molecule has 0 fully saturated rings. The quantitative estimate of drug-likeness (QED) is 0.644. The van der Waals surface area contributed by atoms with E-state index < -0.39 is 0 Å². The van der Waals surface area contributed by atoms with E-state index in [-0.39, 0.29) is 30.9 Å². The van der Waals surface area contributed by atoms with Gasteiger partial charge in [0.25, 0.3) is 11.8 Å². The molecule has 1 aromatic carbocycles. The summed E-state index contributed by atoms with van der Waals surface area (Å²) in [5, 5.41) is 8.43. The molecule has 0 aliphatic rings. The molecule has 0 aliphatic carbocycles. The van der Waals surface area contributed by atoms with E-state index in [0.29, 0.717) is 17.3 Å². The second kappa shape index (κ2) is 9.71. The van der Waals surface area contributed by atoms with Crippen LogP contribution in [0.1, 0.15) is 30.3 Å². The van der Waals surface area contributed by atoms with Gasteiger partial charge in [0.15, 0.2) is 13.1 Å². The lowest BCUT2D eigenvalue weighted by molar-refractivity contribution is -0.881. The first-order valence-corrected chi connectivity index (χ1v) is 9.87. The van der Waals surface area contributed by atoms with Gasteiger partial charge in [0, 0.05) is 15.6 Å². The number of carbonyl (C=O) groups excluding carboxylic acids is 2. The van der Waals surface area contributed by atoms with Crippen molar-refractivity contribution in [2.45, 2.75) is 26.8 Å². The van der Waals surface area contributed by atoms with Gasteiger partial charge < -0.3 is 15.5 Å². The number of carbonyl (C=O) groups is 2. The summed E-state index contributed by atoms with van der Waals surface area (Å²) in [5.74, 6) is -0.194. The van der Waals surface area contributed by atoms with Gasteiger partial charge in [-0.05, 0) is 49.9 Å². The van der Waals surface area contributed by atoms with Crippen molar-refractivity contribution in [2.24, 2.45) is 0 Å². The number of quaternary nitrogens is 1. The van der Waals surface area contributed by atoms with Gasteiger partial charge in [-0.3, -0.25) is 9.59 Å². The van der Waals surface area contributed by atoms with Crippen molar-refractivity contribution in [1.82, 2.24) is 5.32 Å². The van der Waals surface area contributed by atoms with Gasteiger partial charge in [0.05, 0.1) is 12.6 Å². The third-order valence-electron chi connectivity index (χ3n) is 4.14. The first-order chi connectivity index (χ1) is 12.4. The van der Waals surface area contributed by atoms with E-state index in [1.165, 1.54) is 0 Å². The monoisotopic (exact) mass is 394 g/mol. The van der Waals surface area contributed by atoms with Gasteiger partial charge in [0.1, 0.15) is 0 Å². The zero-order chi connectivity index (χ0) is 19.1. The molecule has 2 aromatic rings. The molecular weight excluding hydrogens is 370 g/mol. The minimum atomic E-state index is -0.133. The minimum absolute atomic E-state index is 0.0245. The summed E-state index contributed by atoms with van der Waals surface area (Å²) < 4.78 is 0. The Morgan fingerprint density at radius 1 is 1.23 bits per heavy atom. The number of aryl methyl sites for hydroxylation is 1. The first-order valence-electron chi connectivity index (χ1n) is 8.61. The Labute approximate surface area is 163 Å². The van der Waals surface area contributed by atoms with Crippen molar-refractivity contribution in [2.75, 3.05) is 25.0 Å². The fraction of sp³-hybridized carbons (Fsp3) is 0.368. The smallest absolute Gasteiger partial charge is 0.279 e. The fourth-order valence-electron chi connectivity index (χ4n) is 2.59. The van der Waals surface area contributed by atoms with E-state index >= 15 is 0 Å². The molecule has 0 bridgehead atoms. The highest BCUT2D eigenvalue weighted by Gasteiger charge is 2.19. The molecule has 2 atom stereocenters. The Morgan fingerprint density at radius 2 is 1.96 bits per heavy atom. The lowest BCUT2D eigenvalue weighted by Gasteiger charge is -2.19. The molecule has 3 N–H and O–H groups in total. The van der Waals surface area contributed by atoms with Gasteiger partial charge in [0.2, 0.25) is 0 Å². The lowest BCUT2D eigenvalue weighted by Crippen LogP contribution is -3.14. The standard InChI is InChI=1S/C19H24ClN3O2S/c1-4-23(11-18(24)21-14(3)17-6-5-9-26-17)12-19(25)22-16-10-15(20)8-7-13(16)2/h5-10,14H,4,11-12H2,1-3H3,(H,21,24)(H,22,25)/p+1/t14-/m0/s1. The Morgan fingerprint density at radius 3 is 2.62 bits per heavy atom. The molecule has 7 heteroatoms. The number of likely N-dealkylation sites (N-methyl/N-ethyl adjacent to an activating group) is 1. The van der Waals surface area contributed by atoms with Crippen LogP contribution in [0.2, 0.25) is 5.02 Å². The van der Waals surface area contributed by atoms with Gasteiger partial charge >= 0.3 is 0 Å². The predicted molar refractivity (Wildman–Crippen MR) is 107 cm³/mol. The van der Waals surface area contributed by atoms with E-state index in [9.17, 15) is 9.59 Å². The first kappa shape index (κ1) is 20.4. The number of hydrogen-bond donors (Lipinski definition) is 3. The number of hydrogen-bond acceptors (Lipinski definition) is 3. The van der Waals surface area contributed by atoms with Crippen LogP contribution in [0, 0.1) is 6.92 Å². The normalized spacial score (nSPS) is 13.1. The summed E-state index contributed by atoms with van der Waals surface area (Å²) >= 11 is 7.60. The number of benzene rings is 1. The summed E-state index contributed by atoms with van der Waals surface area (Å²) in [7, 11) is 0. The minimum Gasteiger partial charge on any atom is -0.344 e. The Balaban J connectivity index is 1.86. The molecule has 2 rings (SSSR count). The van der Waals surface area contributed by atoms with Crippen LogP contribution in [0.3, 0.4) is 0 Å². The zero-order valence-corrected chi connectivity index (χ0v) is 16.8. The third-order valence-corrected chi connectivity index (χ3v) is 5.43. The maximum Gasteiger partial charge on any atom is 0.279 e. The molecule has 2 amide bonds. The number of thiophene rings is 1. The average molecular weight is 395 g/mol. The number of anilines is 1. The van der Waals surface area contributed by atoms with Crippen molar-refractivity contribution in [3.05, 3.63) is 51.2 Å². The van der Waals surface area contributed by atoms with E-state index in [0.717, 1.165) is 15.3 Å². The maximum atomic E-state index is 12.3. The SMILES string of the molecule is CC[NH+](CC(=O)Nc1cc(Cl)ccc1C)CC(=O)N[C@@H](C)c1cccs1. The zero-order valence-electron chi connectivity index (χ0n) is 15.3. The second-order valence-electron chi connectivity index (χ2n) is 6.27. The number of nitrogens with one attached hydrogen (secondary N) is 3. The molecule has 5 nitrogen and oxygen atoms in total. The molecule has 1 heterocycles. The molecule has 0 saturated heterocycles. The third kappa shape index (κ3) is 6.12. The maximum absolute atomic E-state index is 12.3. The number of halogens is 1. The van der Waals surface area contributed by atoms with Crippen LogP contribution in [0.5, 0.6) is 0 Å². The highest BCUT2D eigenvalue weighted by Crippen LogP contribution is 2.20. The number of amides is 2. The molecular formula is C19H25ClN3O2S+. The second-order valence-corrected chi connectivity index (χ2v) is 7.68. The predicted octanol–water partition coefficient (Wildman–Crippen LogP) is 2.43. The van der Waals surface area contributed by atoms with Crippen molar-refractivity contribution in [3.63, 3.8) is 0 Å². The van der Waals surface area contributed by atoms with Crippen molar-refractivity contribution >= 4 is 40.4 Å². The largest absolute Gasteiger partial charge is 0.344 e.